The van der Waals surface area contributed by atoms with Gasteiger partial charge in [-0.1, -0.05) is 29.8 Å². The lowest BCUT2D eigenvalue weighted by Gasteiger charge is -2.34. The number of hydrogen-bond donors (Lipinski definition) is 1. The predicted molar refractivity (Wildman–Crippen MR) is 119 cm³/mol. The van der Waals surface area contributed by atoms with Crippen LogP contribution in [-0.2, 0) is 16.0 Å². The molecular formula is C21H22ClN3O2S2. The lowest BCUT2D eigenvalue weighted by Crippen LogP contribution is -2.43. The highest BCUT2D eigenvalue weighted by molar-refractivity contribution is 7.13. The second-order valence-corrected chi connectivity index (χ2v) is 9.09. The fourth-order valence-corrected chi connectivity index (χ4v) is 5.23. The number of benzene rings is 1. The maximum absolute atomic E-state index is 12.6. The Bertz CT molecular complexity index is 939. The van der Waals surface area contributed by atoms with Crippen LogP contribution >= 0.6 is 34.3 Å². The number of carbonyl (C=O) groups excluding carboxylic acids is 1. The molecule has 1 fully saturated rings. The van der Waals surface area contributed by atoms with E-state index < -0.39 is 0 Å². The molecule has 1 saturated heterocycles. The zero-order chi connectivity index (χ0) is 20.1. The quantitative estimate of drug-likeness (QED) is 0.588. The first-order valence-corrected chi connectivity index (χ1v) is 11.6. The van der Waals surface area contributed by atoms with Gasteiger partial charge in [-0.05, 0) is 23.6 Å². The van der Waals surface area contributed by atoms with Crippen molar-refractivity contribution in [1.82, 2.24) is 15.2 Å². The highest BCUT2D eigenvalue weighted by Crippen LogP contribution is 2.27. The van der Waals surface area contributed by atoms with Crippen LogP contribution < -0.4 is 5.32 Å². The lowest BCUT2D eigenvalue weighted by molar-refractivity contribution is -0.120. The summed E-state index contributed by atoms with van der Waals surface area (Å²) in [6.45, 7) is 3.83. The van der Waals surface area contributed by atoms with E-state index in [2.05, 4.69) is 32.7 Å². The van der Waals surface area contributed by atoms with Gasteiger partial charge in [0.2, 0.25) is 5.91 Å². The van der Waals surface area contributed by atoms with Gasteiger partial charge in [0.15, 0.2) is 0 Å². The van der Waals surface area contributed by atoms with Gasteiger partial charge in [-0.2, -0.15) is 0 Å². The van der Waals surface area contributed by atoms with Crippen molar-refractivity contribution in [2.24, 2.45) is 0 Å². The van der Waals surface area contributed by atoms with E-state index in [1.165, 1.54) is 16.2 Å². The van der Waals surface area contributed by atoms with Crippen LogP contribution in [0.1, 0.15) is 16.6 Å². The Morgan fingerprint density at radius 1 is 1.24 bits per heavy atom. The number of thiophene rings is 1. The Hall–Kier alpha value is -1.77. The van der Waals surface area contributed by atoms with Gasteiger partial charge in [0.05, 0.1) is 31.4 Å². The topological polar surface area (TPSA) is 54.5 Å². The van der Waals surface area contributed by atoms with Crippen LogP contribution in [0.25, 0.3) is 10.6 Å². The summed E-state index contributed by atoms with van der Waals surface area (Å²) in [5.74, 6) is -0.0113. The number of ether oxygens (including phenoxy) is 1. The number of nitrogens with zero attached hydrogens (tertiary/aromatic N) is 2. The van der Waals surface area contributed by atoms with Gasteiger partial charge in [-0.15, -0.1) is 22.7 Å². The normalized spacial score (nSPS) is 15.9. The number of aromatic nitrogens is 1. The van der Waals surface area contributed by atoms with Crippen molar-refractivity contribution in [3.8, 4) is 10.6 Å². The molecule has 1 N–H and O–H groups in total. The molecule has 152 valence electrons. The van der Waals surface area contributed by atoms with Crippen LogP contribution in [0.5, 0.6) is 0 Å². The van der Waals surface area contributed by atoms with Gasteiger partial charge in [-0.25, -0.2) is 4.98 Å². The third-order valence-electron chi connectivity index (χ3n) is 4.82. The Labute approximate surface area is 183 Å². The van der Waals surface area contributed by atoms with Crippen LogP contribution in [0, 0.1) is 0 Å². The maximum atomic E-state index is 12.6. The first-order chi connectivity index (χ1) is 14.2. The molecule has 0 spiro atoms. The Morgan fingerprint density at radius 2 is 2.10 bits per heavy atom. The maximum Gasteiger partial charge on any atom is 0.226 e. The van der Waals surface area contributed by atoms with Gasteiger partial charge in [0.25, 0.3) is 0 Å². The van der Waals surface area contributed by atoms with E-state index in [4.69, 9.17) is 16.3 Å². The van der Waals surface area contributed by atoms with Crippen LogP contribution in [-0.4, -0.2) is 48.6 Å². The van der Waals surface area contributed by atoms with Crippen molar-refractivity contribution in [1.29, 1.82) is 0 Å². The molecular weight excluding hydrogens is 426 g/mol. The van der Waals surface area contributed by atoms with E-state index in [-0.39, 0.29) is 18.4 Å². The summed E-state index contributed by atoms with van der Waals surface area (Å²) >= 11 is 9.32. The van der Waals surface area contributed by atoms with Crippen molar-refractivity contribution in [2.45, 2.75) is 12.5 Å². The van der Waals surface area contributed by atoms with Crippen LogP contribution in [0.4, 0.5) is 0 Å². The average molecular weight is 448 g/mol. The van der Waals surface area contributed by atoms with Crippen LogP contribution in [0.3, 0.4) is 0 Å². The zero-order valence-electron chi connectivity index (χ0n) is 15.8. The molecule has 1 aliphatic rings. The molecule has 5 nitrogen and oxygen atoms in total. The molecule has 0 bridgehead atoms. The van der Waals surface area contributed by atoms with E-state index in [0.717, 1.165) is 42.6 Å². The molecule has 4 rings (SSSR count). The number of amides is 1. The van der Waals surface area contributed by atoms with Gasteiger partial charge in [0, 0.05) is 40.5 Å². The second kappa shape index (κ2) is 9.82. The Morgan fingerprint density at radius 3 is 2.86 bits per heavy atom. The SMILES string of the molecule is O=C(Cc1csc(-c2cccc(Cl)c2)n1)NC[C@@H](c1cccs1)N1CCOCC1. The third-order valence-corrected chi connectivity index (χ3v) is 6.96. The number of hydrogen-bond acceptors (Lipinski definition) is 6. The van der Waals surface area contributed by atoms with Gasteiger partial charge >= 0.3 is 0 Å². The first-order valence-electron chi connectivity index (χ1n) is 9.51. The highest BCUT2D eigenvalue weighted by atomic mass is 35.5. The standard InChI is InChI=1S/C21H22ClN3O2S2/c22-16-4-1-3-15(11-16)21-24-17(14-29-21)12-20(26)23-13-18(19-5-2-10-28-19)25-6-8-27-9-7-25/h1-5,10-11,14,18H,6-9,12-13H2,(H,23,26)/t18-/m0/s1. The molecule has 1 aromatic carbocycles. The molecule has 0 unspecified atom stereocenters. The van der Waals surface area contributed by atoms with Crippen LogP contribution in [0.2, 0.25) is 5.02 Å². The Balaban J connectivity index is 1.36. The molecule has 3 aromatic rings. The molecule has 2 aromatic heterocycles. The lowest BCUT2D eigenvalue weighted by atomic mass is 10.2. The first kappa shape index (κ1) is 20.5. The van der Waals surface area contributed by atoms with Crippen molar-refractivity contribution in [2.75, 3.05) is 32.8 Å². The van der Waals surface area contributed by atoms with Crippen molar-refractivity contribution in [3.05, 3.63) is 62.8 Å². The summed E-state index contributed by atoms with van der Waals surface area (Å²) < 4.78 is 5.48. The minimum Gasteiger partial charge on any atom is -0.379 e. The smallest absolute Gasteiger partial charge is 0.226 e. The van der Waals surface area contributed by atoms with Gasteiger partial charge in [-0.3, -0.25) is 9.69 Å². The molecule has 0 saturated carbocycles. The summed E-state index contributed by atoms with van der Waals surface area (Å²) in [6.07, 6.45) is 0.275. The summed E-state index contributed by atoms with van der Waals surface area (Å²) in [6, 6.07) is 12.0. The fraction of sp³-hybridized carbons (Fsp3) is 0.333. The molecule has 29 heavy (non-hydrogen) atoms. The van der Waals surface area contributed by atoms with E-state index >= 15 is 0 Å². The van der Waals surface area contributed by atoms with Gasteiger partial charge < -0.3 is 10.1 Å². The van der Waals surface area contributed by atoms with Crippen LogP contribution in [0.15, 0.2) is 47.2 Å². The summed E-state index contributed by atoms with van der Waals surface area (Å²) in [5.41, 5.74) is 1.75. The molecule has 1 amide bonds. The van der Waals surface area contributed by atoms with Crippen molar-refractivity contribution < 1.29 is 9.53 Å². The summed E-state index contributed by atoms with van der Waals surface area (Å²) in [4.78, 5) is 20.8. The monoisotopic (exact) mass is 447 g/mol. The number of morpholine rings is 1. The van der Waals surface area contributed by atoms with Crippen molar-refractivity contribution in [3.63, 3.8) is 0 Å². The largest absolute Gasteiger partial charge is 0.379 e. The minimum atomic E-state index is -0.0113. The highest BCUT2D eigenvalue weighted by Gasteiger charge is 2.24. The number of nitrogens with one attached hydrogen (secondary N) is 1. The molecule has 8 heteroatoms. The summed E-state index contributed by atoms with van der Waals surface area (Å²) in [7, 11) is 0. The number of halogens is 1. The van der Waals surface area contributed by atoms with E-state index in [0.29, 0.717) is 11.6 Å². The average Bonchev–Trinajstić information content (AvgIpc) is 3.42. The van der Waals surface area contributed by atoms with Crippen molar-refractivity contribution >= 4 is 40.2 Å². The molecule has 0 aliphatic carbocycles. The summed E-state index contributed by atoms with van der Waals surface area (Å²) in [5, 5.41) is 8.68. The zero-order valence-corrected chi connectivity index (χ0v) is 18.2. The molecule has 3 heterocycles. The van der Waals surface area contributed by atoms with E-state index in [9.17, 15) is 4.79 Å². The van der Waals surface area contributed by atoms with E-state index in [1.54, 1.807) is 11.3 Å². The van der Waals surface area contributed by atoms with E-state index in [1.807, 2.05) is 29.6 Å². The molecule has 1 aliphatic heterocycles. The van der Waals surface area contributed by atoms with Gasteiger partial charge in [0.1, 0.15) is 5.01 Å². The second-order valence-electron chi connectivity index (χ2n) is 6.81. The molecule has 1 atom stereocenters. The molecule has 0 radical (unpaired) electrons. The number of rotatable bonds is 7. The third kappa shape index (κ3) is 5.43. The number of thiazole rings is 1. The predicted octanol–water partition coefficient (Wildman–Crippen LogP) is 4.26. The minimum absolute atomic E-state index is 0.0113. The number of carbonyl (C=O) groups is 1. The Kier molecular flexibility index (Phi) is 6.94. The fourth-order valence-electron chi connectivity index (χ4n) is 3.36.